The van der Waals surface area contributed by atoms with Gasteiger partial charge in [0.05, 0.1) is 78.7 Å². The van der Waals surface area contributed by atoms with Crippen LogP contribution in [0.2, 0.25) is 0 Å². The summed E-state index contributed by atoms with van der Waals surface area (Å²) in [5.74, 6) is 0.152. The number of benzene rings is 8. The molecule has 3 heterocycles. The van der Waals surface area contributed by atoms with Crippen LogP contribution in [0.3, 0.4) is 0 Å². The molecule has 0 aliphatic rings. The SMILES string of the molecule is N#Cc1ccc(-n2c3ccc(C(F)(F)F)cc3c3cc(C(F)(F)F)ccc32)c(-c2cc(-c3nc(-c4ccccc4)cc(-c4ccccc4)n3)ccc2-n2c3ccc(C(F)(F)F)cc3c3cc(C(F)(F)F)ccc32)c1. The van der Waals surface area contributed by atoms with Gasteiger partial charge in [0.25, 0.3) is 0 Å². The number of nitriles is 1. The van der Waals surface area contributed by atoms with Crippen LogP contribution < -0.4 is 0 Å². The van der Waals surface area contributed by atoms with Crippen LogP contribution in [0.25, 0.3) is 100 Å². The molecule has 11 aromatic rings. The van der Waals surface area contributed by atoms with Gasteiger partial charge >= 0.3 is 24.7 Å². The maximum Gasteiger partial charge on any atom is 0.416 e. The van der Waals surface area contributed by atoms with E-state index in [0.29, 0.717) is 28.1 Å². The van der Waals surface area contributed by atoms with Gasteiger partial charge in [-0.05, 0) is 115 Å². The van der Waals surface area contributed by atoms with Gasteiger partial charge in [0, 0.05) is 49.4 Å². The molecule has 0 fully saturated rings. The minimum absolute atomic E-state index is 0.0265. The fourth-order valence-electron chi connectivity index (χ4n) is 9.46. The van der Waals surface area contributed by atoms with Crippen molar-refractivity contribution in [2.24, 2.45) is 0 Å². The molecule has 0 unspecified atom stereocenters. The van der Waals surface area contributed by atoms with Crippen LogP contribution >= 0.6 is 0 Å². The average Bonchev–Trinajstić information content (AvgIpc) is 3.89. The third-order valence-electron chi connectivity index (χ3n) is 12.9. The summed E-state index contributed by atoms with van der Waals surface area (Å²) in [6.45, 7) is 0. The minimum Gasteiger partial charge on any atom is -0.309 e. The van der Waals surface area contributed by atoms with Crippen molar-refractivity contribution in [3.63, 3.8) is 0 Å². The molecule has 5 nitrogen and oxygen atoms in total. The number of fused-ring (bicyclic) bond motifs is 6. The molecule has 17 heteroatoms. The van der Waals surface area contributed by atoms with Gasteiger partial charge < -0.3 is 9.13 Å². The van der Waals surface area contributed by atoms with Crippen LogP contribution in [0.4, 0.5) is 52.7 Å². The van der Waals surface area contributed by atoms with E-state index in [1.807, 2.05) is 60.7 Å². The van der Waals surface area contributed by atoms with E-state index >= 15 is 0 Å². The maximum absolute atomic E-state index is 14.4. The molecule has 0 amide bonds. The Morgan fingerprint density at radius 2 is 0.703 bits per heavy atom. The van der Waals surface area contributed by atoms with Crippen molar-refractivity contribution < 1.29 is 52.7 Å². The van der Waals surface area contributed by atoms with Crippen LogP contribution in [-0.2, 0) is 24.7 Å². The third-order valence-corrected chi connectivity index (χ3v) is 12.9. The van der Waals surface area contributed by atoms with Crippen LogP contribution in [-0.4, -0.2) is 19.1 Å². The number of hydrogen-bond acceptors (Lipinski definition) is 3. The molecule has 0 radical (unpaired) electrons. The lowest BCUT2D eigenvalue weighted by molar-refractivity contribution is -0.138. The molecule has 11 rings (SSSR count). The molecule has 366 valence electrons. The van der Waals surface area contributed by atoms with Crippen molar-refractivity contribution in [1.82, 2.24) is 19.1 Å². The van der Waals surface area contributed by atoms with Gasteiger partial charge in [-0.3, -0.25) is 0 Å². The Balaban J connectivity index is 1.27. The lowest BCUT2D eigenvalue weighted by Gasteiger charge is -2.20. The first-order valence-electron chi connectivity index (χ1n) is 22.3. The molecular weight excluding hydrogens is 983 g/mol. The van der Waals surface area contributed by atoms with E-state index in [9.17, 15) is 57.9 Å². The summed E-state index contributed by atoms with van der Waals surface area (Å²) in [5.41, 5.74) is -1.16. The predicted molar refractivity (Wildman–Crippen MR) is 257 cm³/mol. The van der Waals surface area contributed by atoms with Gasteiger partial charge in [-0.15, -0.1) is 0 Å². The lowest BCUT2D eigenvalue weighted by atomic mass is 9.96. The molecule has 74 heavy (non-hydrogen) atoms. The highest BCUT2D eigenvalue weighted by Gasteiger charge is 2.36. The van der Waals surface area contributed by atoms with Crippen molar-refractivity contribution >= 4 is 43.6 Å². The largest absolute Gasteiger partial charge is 0.416 e. The summed E-state index contributed by atoms with van der Waals surface area (Å²) < 4.78 is 175. The smallest absolute Gasteiger partial charge is 0.309 e. The van der Waals surface area contributed by atoms with E-state index in [1.54, 1.807) is 24.3 Å². The average molecular weight is 1010 g/mol. The molecule has 0 atom stereocenters. The Labute approximate surface area is 410 Å². The van der Waals surface area contributed by atoms with Gasteiger partial charge in [0.2, 0.25) is 0 Å². The number of hydrogen-bond donors (Lipinski definition) is 0. The molecule has 3 aromatic heterocycles. The first-order chi connectivity index (χ1) is 35.2. The quantitative estimate of drug-likeness (QED) is 0.156. The van der Waals surface area contributed by atoms with Gasteiger partial charge in [-0.2, -0.15) is 57.9 Å². The Bertz CT molecular complexity index is 3880. The fourth-order valence-corrected chi connectivity index (χ4v) is 9.46. The van der Waals surface area contributed by atoms with Gasteiger partial charge in [0.1, 0.15) is 0 Å². The Hall–Kier alpha value is -8.91. The number of nitrogens with zero attached hydrogens (tertiary/aromatic N) is 5. The molecule has 0 aliphatic carbocycles. The number of halogens is 12. The Morgan fingerprint density at radius 3 is 1.05 bits per heavy atom. The van der Waals surface area contributed by atoms with E-state index < -0.39 is 47.0 Å². The number of rotatable bonds is 6. The lowest BCUT2D eigenvalue weighted by Crippen LogP contribution is -2.06. The zero-order valence-electron chi connectivity index (χ0n) is 37.5. The molecule has 8 aromatic carbocycles. The molecule has 0 saturated carbocycles. The van der Waals surface area contributed by atoms with Gasteiger partial charge in [-0.1, -0.05) is 60.7 Å². The molecule has 0 bridgehead atoms. The highest BCUT2D eigenvalue weighted by molar-refractivity contribution is 6.12. The summed E-state index contributed by atoms with van der Waals surface area (Å²) in [6, 6.07) is 41.8. The molecule has 0 spiro atoms. The van der Waals surface area contributed by atoms with E-state index in [4.69, 9.17) is 9.97 Å². The second kappa shape index (κ2) is 17.1. The topological polar surface area (TPSA) is 59.4 Å². The summed E-state index contributed by atoms with van der Waals surface area (Å²) in [4.78, 5) is 9.93. The van der Waals surface area contributed by atoms with Crippen molar-refractivity contribution in [3.8, 4) is 62.5 Å². The third kappa shape index (κ3) is 8.31. The zero-order chi connectivity index (χ0) is 52.1. The van der Waals surface area contributed by atoms with Gasteiger partial charge in [0.15, 0.2) is 5.82 Å². The van der Waals surface area contributed by atoms with Crippen LogP contribution in [0, 0.1) is 11.3 Å². The van der Waals surface area contributed by atoms with E-state index in [0.717, 1.165) is 72.8 Å². The first kappa shape index (κ1) is 47.4. The second-order valence-corrected chi connectivity index (χ2v) is 17.4. The van der Waals surface area contributed by atoms with Crippen molar-refractivity contribution in [3.05, 3.63) is 204 Å². The summed E-state index contributed by atoms with van der Waals surface area (Å²) >= 11 is 0. The van der Waals surface area contributed by atoms with Crippen LogP contribution in [0.15, 0.2) is 176 Å². The van der Waals surface area contributed by atoms with Crippen molar-refractivity contribution in [2.45, 2.75) is 24.7 Å². The highest BCUT2D eigenvalue weighted by Crippen LogP contribution is 2.46. The Morgan fingerprint density at radius 1 is 0.351 bits per heavy atom. The highest BCUT2D eigenvalue weighted by atomic mass is 19.4. The molecular formula is C57H29F12N5. The standard InChI is InChI=1S/C57H29F12N5/c58-54(59,60)35-13-19-49-41(25-35)42-26-36(55(61,62)63)14-20-50(42)73(49)47-17-11-31(30-70)23-39(47)40-24-34(53-71-45(32-7-3-1-4-8-32)29-46(72-53)33-9-5-2-6-10-33)12-18-48(40)74-51-21-15-37(56(64,65)66)27-43(51)44-28-38(57(67,68)69)16-22-52(44)74/h1-29H. The molecule has 0 N–H and O–H groups in total. The second-order valence-electron chi connectivity index (χ2n) is 17.4. The number of alkyl halides is 12. The normalized spacial score (nSPS) is 12.6. The summed E-state index contributed by atoms with van der Waals surface area (Å²) in [7, 11) is 0. The fraction of sp³-hybridized carbons (Fsp3) is 0.0702. The van der Waals surface area contributed by atoms with Crippen LogP contribution in [0.5, 0.6) is 0 Å². The molecule has 0 aliphatic heterocycles. The van der Waals surface area contributed by atoms with Gasteiger partial charge in [-0.25, -0.2) is 9.97 Å². The Kier molecular flexibility index (Phi) is 11.0. The van der Waals surface area contributed by atoms with Crippen molar-refractivity contribution in [1.29, 1.82) is 5.26 Å². The van der Waals surface area contributed by atoms with Crippen molar-refractivity contribution in [2.75, 3.05) is 0 Å². The molecule has 0 saturated heterocycles. The zero-order valence-corrected chi connectivity index (χ0v) is 37.5. The first-order valence-corrected chi connectivity index (χ1v) is 22.3. The summed E-state index contributed by atoms with van der Waals surface area (Å²) in [5, 5.41) is 9.64. The van der Waals surface area contributed by atoms with E-state index in [-0.39, 0.29) is 77.5 Å². The monoisotopic (exact) mass is 1010 g/mol. The predicted octanol–water partition coefficient (Wildman–Crippen LogP) is 17.3. The minimum atomic E-state index is -4.90. The van der Waals surface area contributed by atoms with Crippen LogP contribution in [0.1, 0.15) is 27.8 Å². The number of aromatic nitrogens is 4. The summed E-state index contributed by atoms with van der Waals surface area (Å²) in [6.07, 6.45) is -19.6. The van der Waals surface area contributed by atoms with E-state index in [1.165, 1.54) is 27.3 Å². The maximum atomic E-state index is 14.4. The van der Waals surface area contributed by atoms with E-state index in [2.05, 4.69) is 6.07 Å².